The molecule has 2 unspecified atom stereocenters. The normalized spacial score (nSPS) is 14.5. The average Bonchev–Trinajstić information content (AvgIpc) is 2.37. The third-order valence-corrected chi connectivity index (χ3v) is 3.05. The zero-order valence-corrected chi connectivity index (χ0v) is 11.3. The average molecular weight is 289 g/mol. The molecule has 0 spiro atoms. The van der Waals surface area contributed by atoms with Gasteiger partial charge in [-0.15, -0.1) is 0 Å². The molecule has 0 radical (unpaired) electrons. The number of halogens is 3. The number of nitrogens with two attached hydrogens (primary N) is 1. The molecule has 0 saturated carbocycles. The van der Waals surface area contributed by atoms with E-state index in [1.54, 1.807) is 0 Å². The summed E-state index contributed by atoms with van der Waals surface area (Å²) in [6.07, 6.45) is -4.38. The van der Waals surface area contributed by atoms with Crippen LogP contribution in [-0.4, -0.2) is 18.6 Å². The zero-order chi connectivity index (χ0) is 15.3. The lowest BCUT2D eigenvalue weighted by molar-refractivity contribution is -0.137. The van der Waals surface area contributed by atoms with Gasteiger partial charge in [0.2, 0.25) is 0 Å². The number of urea groups is 1. The molecule has 0 aliphatic heterocycles. The van der Waals surface area contributed by atoms with E-state index in [0.29, 0.717) is 12.2 Å². The van der Waals surface area contributed by atoms with Gasteiger partial charge in [0.1, 0.15) is 0 Å². The molecule has 1 aromatic rings. The summed E-state index contributed by atoms with van der Waals surface area (Å²) in [5, 5.41) is 5.14. The lowest BCUT2D eigenvalue weighted by Crippen LogP contribution is -2.41. The van der Waals surface area contributed by atoms with Crippen molar-refractivity contribution in [1.82, 2.24) is 5.32 Å². The highest BCUT2D eigenvalue weighted by Crippen LogP contribution is 2.29. The fourth-order valence-corrected chi connectivity index (χ4v) is 1.46. The number of hydrogen-bond acceptors (Lipinski definition) is 2. The van der Waals surface area contributed by atoms with Crippen molar-refractivity contribution in [3.05, 3.63) is 29.8 Å². The van der Waals surface area contributed by atoms with Crippen molar-refractivity contribution in [2.75, 3.05) is 11.9 Å². The Bertz CT molecular complexity index is 445. The van der Waals surface area contributed by atoms with E-state index in [0.717, 1.165) is 12.1 Å². The summed E-state index contributed by atoms with van der Waals surface area (Å²) in [7, 11) is 0. The van der Waals surface area contributed by atoms with Crippen molar-refractivity contribution < 1.29 is 18.0 Å². The Morgan fingerprint density at radius 2 is 1.80 bits per heavy atom. The van der Waals surface area contributed by atoms with Crippen molar-refractivity contribution in [3.63, 3.8) is 0 Å². The molecule has 0 aliphatic rings. The maximum absolute atomic E-state index is 12.4. The molecule has 0 aliphatic carbocycles. The van der Waals surface area contributed by atoms with Gasteiger partial charge in [-0.25, -0.2) is 4.79 Å². The Balaban J connectivity index is 2.59. The quantitative estimate of drug-likeness (QED) is 0.798. The van der Waals surface area contributed by atoms with Crippen LogP contribution in [0.2, 0.25) is 0 Å². The summed E-state index contributed by atoms with van der Waals surface area (Å²) in [4.78, 5) is 11.6. The summed E-state index contributed by atoms with van der Waals surface area (Å²) in [5.41, 5.74) is 5.02. The summed E-state index contributed by atoms with van der Waals surface area (Å²) >= 11 is 0. The molecule has 0 aromatic heterocycles. The van der Waals surface area contributed by atoms with E-state index >= 15 is 0 Å². The van der Waals surface area contributed by atoms with E-state index in [-0.39, 0.29) is 12.0 Å². The first kappa shape index (κ1) is 16.3. The molecular formula is C13H18F3N3O. The lowest BCUT2D eigenvalue weighted by Gasteiger charge is -2.20. The molecule has 20 heavy (non-hydrogen) atoms. The summed E-state index contributed by atoms with van der Waals surface area (Å²) in [6.45, 7) is 4.13. The minimum Gasteiger partial charge on any atom is -0.335 e. The largest absolute Gasteiger partial charge is 0.416 e. The number of nitrogens with one attached hydrogen (secondary N) is 2. The predicted molar refractivity (Wildman–Crippen MR) is 71.3 cm³/mol. The number of amides is 2. The van der Waals surface area contributed by atoms with Gasteiger partial charge in [0.05, 0.1) is 5.56 Å². The number of alkyl halides is 3. The second-order valence-electron chi connectivity index (χ2n) is 4.68. The molecule has 2 amide bonds. The number of benzene rings is 1. The summed E-state index contributed by atoms with van der Waals surface area (Å²) < 4.78 is 37.1. The molecule has 4 nitrogen and oxygen atoms in total. The van der Waals surface area contributed by atoms with Crippen LogP contribution in [0.15, 0.2) is 24.3 Å². The van der Waals surface area contributed by atoms with Crippen LogP contribution in [0, 0.1) is 5.92 Å². The van der Waals surface area contributed by atoms with Gasteiger partial charge in [-0.1, -0.05) is 6.92 Å². The Morgan fingerprint density at radius 3 is 2.25 bits per heavy atom. The molecule has 0 saturated heterocycles. The second-order valence-corrected chi connectivity index (χ2v) is 4.68. The van der Waals surface area contributed by atoms with Crippen LogP contribution < -0.4 is 16.4 Å². The fourth-order valence-electron chi connectivity index (χ4n) is 1.46. The van der Waals surface area contributed by atoms with Crippen LogP contribution >= 0.6 is 0 Å². The van der Waals surface area contributed by atoms with Gasteiger partial charge < -0.3 is 16.4 Å². The minimum absolute atomic E-state index is 0.105. The SMILES string of the molecule is CC(CN)C(C)NC(=O)Nc1ccc(C(F)(F)F)cc1. The second kappa shape index (κ2) is 6.60. The van der Waals surface area contributed by atoms with E-state index in [4.69, 9.17) is 5.73 Å². The van der Waals surface area contributed by atoms with E-state index < -0.39 is 17.8 Å². The first-order chi connectivity index (χ1) is 9.24. The van der Waals surface area contributed by atoms with Crippen LogP contribution in [0.25, 0.3) is 0 Å². The Kier molecular flexibility index (Phi) is 5.38. The number of anilines is 1. The van der Waals surface area contributed by atoms with Gasteiger partial charge in [0, 0.05) is 11.7 Å². The fraction of sp³-hybridized carbons (Fsp3) is 0.462. The maximum atomic E-state index is 12.4. The highest BCUT2D eigenvalue weighted by molar-refractivity contribution is 5.89. The van der Waals surface area contributed by atoms with Crippen molar-refractivity contribution in [1.29, 1.82) is 0 Å². The van der Waals surface area contributed by atoms with E-state index in [9.17, 15) is 18.0 Å². The highest BCUT2D eigenvalue weighted by atomic mass is 19.4. The molecule has 1 aromatic carbocycles. The van der Waals surface area contributed by atoms with Gasteiger partial charge in [-0.3, -0.25) is 0 Å². The van der Waals surface area contributed by atoms with Crippen molar-refractivity contribution in [2.45, 2.75) is 26.1 Å². The lowest BCUT2D eigenvalue weighted by atomic mass is 10.0. The zero-order valence-electron chi connectivity index (χ0n) is 11.3. The van der Waals surface area contributed by atoms with Crippen LogP contribution in [0.4, 0.5) is 23.7 Å². The van der Waals surface area contributed by atoms with Gasteiger partial charge in [0.25, 0.3) is 0 Å². The molecule has 0 fully saturated rings. The Hall–Kier alpha value is -1.76. The number of rotatable bonds is 4. The monoisotopic (exact) mass is 289 g/mol. The van der Waals surface area contributed by atoms with Crippen molar-refractivity contribution in [2.24, 2.45) is 11.7 Å². The van der Waals surface area contributed by atoms with E-state index in [1.807, 2.05) is 13.8 Å². The Labute approximate surface area is 115 Å². The van der Waals surface area contributed by atoms with Crippen molar-refractivity contribution >= 4 is 11.7 Å². The molecule has 0 heterocycles. The molecule has 0 bridgehead atoms. The molecule has 4 N–H and O–H groups in total. The van der Waals surface area contributed by atoms with Gasteiger partial charge in [-0.05, 0) is 43.7 Å². The van der Waals surface area contributed by atoms with Crippen LogP contribution in [0.5, 0.6) is 0 Å². The molecule has 7 heteroatoms. The highest BCUT2D eigenvalue weighted by Gasteiger charge is 2.30. The maximum Gasteiger partial charge on any atom is 0.416 e. The number of hydrogen-bond donors (Lipinski definition) is 3. The smallest absolute Gasteiger partial charge is 0.335 e. The molecule has 112 valence electrons. The van der Waals surface area contributed by atoms with E-state index in [2.05, 4.69) is 10.6 Å². The third kappa shape index (κ3) is 4.73. The standard InChI is InChI=1S/C13H18F3N3O/c1-8(7-17)9(2)18-12(20)19-11-5-3-10(4-6-11)13(14,15)16/h3-6,8-9H,7,17H2,1-2H3,(H2,18,19,20). The first-order valence-electron chi connectivity index (χ1n) is 6.19. The van der Waals surface area contributed by atoms with Crippen LogP contribution in [0.1, 0.15) is 19.4 Å². The summed E-state index contributed by atoms with van der Waals surface area (Å²) in [5.74, 6) is 0.105. The van der Waals surface area contributed by atoms with Gasteiger partial charge in [0.15, 0.2) is 0 Å². The van der Waals surface area contributed by atoms with Crippen LogP contribution in [-0.2, 0) is 6.18 Å². The first-order valence-corrected chi connectivity index (χ1v) is 6.19. The third-order valence-electron chi connectivity index (χ3n) is 3.05. The molecule has 1 rings (SSSR count). The number of carbonyl (C=O) groups is 1. The van der Waals surface area contributed by atoms with Crippen LogP contribution in [0.3, 0.4) is 0 Å². The molecule has 2 atom stereocenters. The topological polar surface area (TPSA) is 67.1 Å². The van der Waals surface area contributed by atoms with Gasteiger partial charge >= 0.3 is 12.2 Å². The summed E-state index contributed by atoms with van der Waals surface area (Å²) in [6, 6.07) is 3.65. The van der Waals surface area contributed by atoms with E-state index in [1.165, 1.54) is 12.1 Å². The predicted octanol–water partition coefficient (Wildman–Crippen LogP) is 2.81. The molecular weight excluding hydrogens is 271 g/mol. The van der Waals surface area contributed by atoms with Crippen molar-refractivity contribution in [3.8, 4) is 0 Å². The van der Waals surface area contributed by atoms with Gasteiger partial charge in [-0.2, -0.15) is 13.2 Å². The number of carbonyl (C=O) groups excluding carboxylic acids is 1. The Morgan fingerprint density at radius 1 is 1.25 bits per heavy atom. The minimum atomic E-state index is -4.38.